The Bertz CT molecular complexity index is 2250. The fourth-order valence-corrected chi connectivity index (χ4v) is 5.77. The molecule has 21 nitrogen and oxygen atoms in total. The number of nitrogens with two attached hydrogens (primary N) is 1. The van der Waals surface area contributed by atoms with Gasteiger partial charge >= 0.3 is 88.7 Å². The number of anilines is 5. The predicted octanol–water partition coefficient (Wildman–Crippen LogP) is -8.96. The van der Waals surface area contributed by atoms with E-state index in [-0.39, 0.29) is 161 Å². The molecule has 0 saturated heterocycles. The zero-order chi connectivity index (χ0) is 36.1. The van der Waals surface area contributed by atoms with Crippen LogP contribution in [0, 0.1) is 0 Å². The first-order chi connectivity index (χ1) is 22.9. The molecule has 0 aliphatic carbocycles. The number of phenols is 1. The Balaban J connectivity index is 0.00000451. The molecule has 0 saturated carbocycles. The molecule has 0 spiro atoms. The van der Waals surface area contributed by atoms with Gasteiger partial charge < -0.3 is 50.2 Å². The molecule has 0 amide bonds. The van der Waals surface area contributed by atoms with Gasteiger partial charge in [-0.3, -0.25) is 0 Å². The molecule has 0 atom stereocenters. The van der Waals surface area contributed by atoms with Gasteiger partial charge in [-0.2, -0.15) is 15.0 Å². The smallest absolute Gasteiger partial charge is 0.748 e. The summed E-state index contributed by atoms with van der Waals surface area (Å²) in [6.07, 6.45) is 0. The summed E-state index contributed by atoms with van der Waals surface area (Å²) in [4.78, 5) is 12.0. The molecule has 0 bridgehead atoms. The number of aliphatic hydroxyl groups is 2. The van der Waals surface area contributed by atoms with Crippen molar-refractivity contribution >= 4 is 81.7 Å². The molecule has 264 valence electrons. The van der Waals surface area contributed by atoms with E-state index >= 15 is 0 Å². The van der Waals surface area contributed by atoms with E-state index in [4.69, 9.17) is 5.73 Å². The van der Waals surface area contributed by atoms with Crippen LogP contribution in [0.3, 0.4) is 0 Å². The number of phenolic OH excluding ortho intramolecular Hbond substituents is 1. The van der Waals surface area contributed by atoms with Crippen LogP contribution in [0.1, 0.15) is 0 Å². The fraction of sp³-hybridized carbons (Fsp3) is 0.240. The second-order valence-corrected chi connectivity index (χ2v) is 14.1. The Kier molecular flexibility index (Phi) is 18.7. The van der Waals surface area contributed by atoms with E-state index in [1.54, 1.807) is 0 Å². The van der Waals surface area contributed by atoms with E-state index in [0.29, 0.717) is 6.07 Å². The minimum Gasteiger partial charge on any atom is -0.748 e. The molecule has 0 unspecified atom stereocenters. The standard InChI is InChI=1S/C25H29N9O12S3.3Na/c26-17-3-1-14-11-16(48(41,42)43)13-19(37)21(14)22(17)33-32-18-4-2-15(12-20(18)49(44,45)46)28-24-29-23(27-5-10-47(38,39)40)30-25(31-24)34(6-8-35)7-9-36;;;/h1-4,11-13,35-37H,5-10,26H2,(H,38,39,40)(H,41,42,43)(H,44,45,46)(H2,27,28,29,30,31);;;/q;3*+1/p-3. The van der Waals surface area contributed by atoms with Crippen LogP contribution in [-0.4, -0.2) is 108 Å². The maximum atomic E-state index is 12.3. The average molecular weight is 810 g/mol. The molecular formula is C25H26N9Na3O12S3. The Morgan fingerprint density at radius 2 is 1.44 bits per heavy atom. The van der Waals surface area contributed by atoms with Crippen LogP contribution in [0.25, 0.3) is 10.8 Å². The SMILES string of the molecule is Nc1ccc2cc(S(=O)(=O)[O-])cc(O)c2c1N=Nc1ccc(Nc2nc(NCCS(=O)(=O)[O-])nc(N(CCO)CCO)n2)cc1S(=O)(=O)[O-].[Na+].[Na+].[Na+]. The molecule has 3 aromatic carbocycles. The van der Waals surface area contributed by atoms with Gasteiger partial charge in [0.15, 0.2) is 0 Å². The molecule has 52 heavy (non-hydrogen) atoms. The Morgan fingerprint density at radius 1 is 0.808 bits per heavy atom. The van der Waals surface area contributed by atoms with Crippen molar-refractivity contribution in [2.75, 3.05) is 59.9 Å². The van der Waals surface area contributed by atoms with Gasteiger partial charge in [0.25, 0.3) is 0 Å². The minimum atomic E-state index is -5.25. The van der Waals surface area contributed by atoms with Crippen molar-refractivity contribution in [3.05, 3.63) is 42.5 Å². The number of hydrogen-bond acceptors (Lipinski definition) is 21. The molecule has 0 fully saturated rings. The molecule has 7 N–H and O–H groups in total. The summed E-state index contributed by atoms with van der Waals surface area (Å²) in [6, 6.07) is 7.41. The van der Waals surface area contributed by atoms with Crippen molar-refractivity contribution in [1.82, 2.24) is 15.0 Å². The van der Waals surface area contributed by atoms with Crippen molar-refractivity contribution in [2.45, 2.75) is 9.79 Å². The molecule has 4 rings (SSSR count). The largest absolute Gasteiger partial charge is 1.00 e. The van der Waals surface area contributed by atoms with Crippen LogP contribution >= 0.6 is 0 Å². The first-order valence-corrected chi connectivity index (χ1v) is 18.0. The van der Waals surface area contributed by atoms with Crippen molar-refractivity contribution in [3.63, 3.8) is 0 Å². The third-order valence-electron chi connectivity index (χ3n) is 6.39. The minimum absolute atomic E-state index is 0. The molecule has 1 heterocycles. The summed E-state index contributed by atoms with van der Waals surface area (Å²) in [5.41, 5.74) is 5.09. The number of hydrogen-bond donors (Lipinski definition) is 6. The van der Waals surface area contributed by atoms with Crippen LogP contribution in [0.2, 0.25) is 0 Å². The van der Waals surface area contributed by atoms with Crippen molar-refractivity contribution in [2.24, 2.45) is 10.2 Å². The van der Waals surface area contributed by atoms with E-state index in [2.05, 4.69) is 35.8 Å². The number of fused-ring (bicyclic) bond motifs is 1. The van der Waals surface area contributed by atoms with E-state index in [9.17, 15) is 54.2 Å². The monoisotopic (exact) mass is 809 g/mol. The van der Waals surface area contributed by atoms with Gasteiger partial charge in [0.1, 0.15) is 37.4 Å². The second-order valence-electron chi connectivity index (χ2n) is 9.87. The number of aromatic nitrogens is 3. The predicted molar refractivity (Wildman–Crippen MR) is 169 cm³/mol. The molecule has 0 radical (unpaired) electrons. The van der Waals surface area contributed by atoms with Crippen LogP contribution in [0.5, 0.6) is 5.75 Å². The summed E-state index contributed by atoms with van der Waals surface area (Å²) in [6.45, 7) is -1.24. The zero-order valence-corrected chi connectivity index (χ0v) is 36.2. The normalized spacial score (nSPS) is 11.7. The number of azo groups is 1. The average Bonchev–Trinajstić information content (AvgIpc) is 2.99. The van der Waals surface area contributed by atoms with Crippen LogP contribution < -0.4 is 110 Å². The van der Waals surface area contributed by atoms with Gasteiger partial charge in [0.05, 0.1) is 49.9 Å². The number of nitrogens with one attached hydrogen (secondary N) is 2. The zero-order valence-electron chi connectivity index (χ0n) is 27.8. The van der Waals surface area contributed by atoms with E-state index in [0.717, 1.165) is 18.2 Å². The Morgan fingerprint density at radius 3 is 2.02 bits per heavy atom. The van der Waals surface area contributed by atoms with Gasteiger partial charge in [-0.25, -0.2) is 25.3 Å². The number of aromatic hydroxyl groups is 1. The van der Waals surface area contributed by atoms with Gasteiger partial charge in [-0.15, -0.1) is 10.2 Å². The van der Waals surface area contributed by atoms with Crippen molar-refractivity contribution < 1.29 is 143 Å². The number of rotatable bonds is 15. The van der Waals surface area contributed by atoms with Gasteiger partial charge in [-0.1, -0.05) is 6.07 Å². The first kappa shape index (κ1) is 48.2. The third-order valence-corrected chi connectivity index (χ3v) is 8.77. The molecular weight excluding hydrogens is 783 g/mol. The van der Waals surface area contributed by atoms with Crippen molar-refractivity contribution in [1.29, 1.82) is 0 Å². The Labute approximate surface area is 363 Å². The van der Waals surface area contributed by atoms with Crippen LogP contribution in [0.4, 0.5) is 40.6 Å². The van der Waals surface area contributed by atoms with Crippen molar-refractivity contribution in [3.8, 4) is 5.75 Å². The Hall–Kier alpha value is -1.82. The van der Waals surface area contributed by atoms with E-state index < -0.39 is 63.9 Å². The molecule has 27 heteroatoms. The first-order valence-electron chi connectivity index (χ1n) is 13.6. The van der Waals surface area contributed by atoms with Gasteiger partial charge in [0, 0.05) is 25.3 Å². The number of aliphatic hydroxyl groups excluding tert-OH is 2. The molecule has 4 aromatic rings. The number of nitrogen functional groups attached to an aromatic ring is 1. The maximum absolute atomic E-state index is 12.3. The summed E-state index contributed by atoms with van der Waals surface area (Å²) in [7, 11) is -14.8. The summed E-state index contributed by atoms with van der Waals surface area (Å²) in [5.74, 6) is -2.15. The molecule has 1 aromatic heterocycles. The van der Waals surface area contributed by atoms with E-state index in [1.165, 1.54) is 23.1 Å². The molecule has 0 aliphatic rings. The van der Waals surface area contributed by atoms with Gasteiger partial charge in [-0.05, 0) is 41.8 Å². The van der Waals surface area contributed by atoms with E-state index in [1.807, 2.05) is 0 Å². The maximum Gasteiger partial charge on any atom is 1.00 e. The molecule has 0 aliphatic heterocycles. The number of nitrogens with zero attached hydrogens (tertiary/aromatic N) is 6. The number of benzene rings is 3. The fourth-order valence-electron chi connectivity index (χ4n) is 4.26. The topological polar surface area (TPSA) is 349 Å². The summed E-state index contributed by atoms with van der Waals surface area (Å²) < 4.78 is 104. The summed E-state index contributed by atoms with van der Waals surface area (Å²) >= 11 is 0. The quantitative estimate of drug-likeness (QED) is 0.0281. The third kappa shape index (κ3) is 13.2. The van der Waals surface area contributed by atoms with Crippen LogP contribution in [0.15, 0.2) is 62.5 Å². The summed E-state index contributed by atoms with van der Waals surface area (Å²) in [5, 5.41) is 42.2. The second kappa shape index (κ2) is 20.2. The van der Waals surface area contributed by atoms with Gasteiger partial charge in [0.2, 0.25) is 17.8 Å². The van der Waals surface area contributed by atoms with Crippen LogP contribution in [-0.2, 0) is 30.4 Å².